The average molecular weight is 787 g/mol. The van der Waals surface area contributed by atoms with Gasteiger partial charge in [0.15, 0.2) is 11.4 Å². The van der Waals surface area contributed by atoms with Gasteiger partial charge >= 0.3 is 0 Å². The Morgan fingerprint density at radius 3 is 1.36 bits per heavy atom. The first-order valence-corrected chi connectivity index (χ1v) is 18.7. The second kappa shape index (κ2) is 17.5. The van der Waals surface area contributed by atoms with Crippen molar-refractivity contribution < 1.29 is 37.0 Å². The van der Waals surface area contributed by atoms with Crippen LogP contribution in [0.2, 0.25) is 0 Å². The minimum atomic E-state index is -1.36. The molecule has 296 valence electrons. The van der Waals surface area contributed by atoms with E-state index in [0.717, 1.165) is 11.1 Å². The second-order valence-corrected chi connectivity index (χ2v) is 14.1. The molecule has 0 saturated heterocycles. The number of aromatic nitrogens is 2. The Kier molecular flexibility index (Phi) is 11.8. The Bertz CT molecular complexity index is 2240. The number of carbonyl (C=O) groups excluding carboxylic acids is 4. The molecule has 2 aliphatic rings. The van der Waals surface area contributed by atoms with E-state index in [4.69, 9.17) is 9.05 Å². The summed E-state index contributed by atoms with van der Waals surface area (Å²) in [6.07, 6.45) is -2.02. The van der Waals surface area contributed by atoms with Crippen LogP contribution in [-0.4, -0.2) is 60.1 Å². The number of hydrogen-bond donors (Lipinski definition) is 2. The number of likely N-dealkylation sites (N-methyl/N-ethyl adjacent to an activating group) is 2. The molecular weight excluding hydrogens is 747 g/mol. The van der Waals surface area contributed by atoms with E-state index in [2.05, 4.69) is 20.9 Å². The van der Waals surface area contributed by atoms with Gasteiger partial charge in [0, 0.05) is 74.4 Å². The zero-order chi connectivity index (χ0) is 40.8. The molecule has 0 saturated carbocycles. The summed E-state index contributed by atoms with van der Waals surface area (Å²) in [6, 6.07) is 34.0. The molecule has 8 rings (SSSR count). The van der Waals surface area contributed by atoms with Gasteiger partial charge in [-0.15, -0.1) is 0 Å². The third-order valence-electron chi connectivity index (χ3n) is 10.0. The summed E-state index contributed by atoms with van der Waals surface area (Å²) in [6.45, 7) is 0. The fraction of sp³-hybridized carbons (Fsp3) is 0.227. The number of rotatable bonds is 8. The van der Waals surface area contributed by atoms with Crippen molar-refractivity contribution in [1.82, 2.24) is 20.9 Å². The SMILES string of the molecule is CN1C(=O)[C@@H](NC(=O)c2cc(Cc3ccccc3)on2)C[C@@H](F)c2ccccc21.CN1C(=O)[C@@H](NC(=O)c2cc(Cc3ccccc3)on2)C[C@H](F)c2ccccc21. The number of fused-ring (bicyclic) bond motifs is 2. The molecule has 14 heteroatoms. The Morgan fingerprint density at radius 1 is 0.603 bits per heavy atom. The van der Waals surface area contributed by atoms with Crippen molar-refractivity contribution in [3.05, 3.63) is 166 Å². The van der Waals surface area contributed by atoms with E-state index in [1.165, 1.54) is 21.9 Å². The lowest BCUT2D eigenvalue weighted by atomic mass is 10.0. The molecular formula is C44H40F2N6O6. The third kappa shape index (κ3) is 8.86. The minimum absolute atomic E-state index is 0.0588. The van der Waals surface area contributed by atoms with Crippen LogP contribution < -0.4 is 20.4 Å². The van der Waals surface area contributed by atoms with Crippen molar-refractivity contribution in [3.8, 4) is 0 Å². The van der Waals surface area contributed by atoms with Gasteiger partial charge in [0.2, 0.25) is 11.8 Å². The van der Waals surface area contributed by atoms with E-state index >= 15 is 0 Å². The predicted octanol–water partition coefficient (Wildman–Crippen LogP) is 6.88. The van der Waals surface area contributed by atoms with Crippen molar-refractivity contribution in [2.45, 2.75) is 50.1 Å². The molecule has 0 aliphatic carbocycles. The molecule has 4 heterocycles. The lowest BCUT2D eigenvalue weighted by Crippen LogP contribution is -2.47. The monoisotopic (exact) mass is 786 g/mol. The lowest BCUT2D eigenvalue weighted by Gasteiger charge is -2.21. The normalized spacial score (nSPS) is 18.8. The number of nitrogens with one attached hydrogen (secondary N) is 2. The third-order valence-corrected chi connectivity index (χ3v) is 10.0. The van der Waals surface area contributed by atoms with Gasteiger partial charge in [0.1, 0.15) is 35.9 Å². The molecule has 12 nitrogen and oxygen atoms in total. The largest absolute Gasteiger partial charge is 0.360 e. The number of anilines is 2. The average Bonchev–Trinajstić information content (AvgIpc) is 3.90. The van der Waals surface area contributed by atoms with Crippen molar-refractivity contribution in [3.63, 3.8) is 0 Å². The summed E-state index contributed by atoms with van der Waals surface area (Å²) >= 11 is 0. The molecule has 58 heavy (non-hydrogen) atoms. The number of benzene rings is 4. The lowest BCUT2D eigenvalue weighted by molar-refractivity contribution is -0.121. The number of alkyl halides is 2. The maximum Gasteiger partial charge on any atom is 0.274 e. The van der Waals surface area contributed by atoms with Gasteiger partial charge in [-0.25, -0.2) is 8.78 Å². The zero-order valence-corrected chi connectivity index (χ0v) is 31.7. The molecule has 2 aliphatic heterocycles. The van der Waals surface area contributed by atoms with Crippen LogP contribution >= 0.6 is 0 Å². The van der Waals surface area contributed by atoms with Crippen LogP contribution in [0.4, 0.5) is 20.2 Å². The number of halogens is 2. The van der Waals surface area contributed by atoms with Crippen molar-refractivity contribution in [1.29, 1.82) is 0 Å². The second-order valence-electron chi connectivity index (χ2n) is 14.1. The van der Waals surface area contributed by atoms with Crippen LogP contribution in [0, 0.1) is 0 Å². The number of carbonyl (C=O) groups is 4. The molecule has 0 fully saturated rings. The van der Waals surface area contributed by atoms with E-state index in [1.807, 2.05) is 60.7 Å². The standard InChI is InChI=1S/2C22H20FN3O3/c2*1-26-20-10-6-5-9-16(20)17(23)13-19(22(26)28)24-21(27)18-12-15(29-25-18)11-14-7-3-2-4-8-14/h2*2-10,12,17,19H,11,13H2,1H3,(H,24,27)/t17-,19+;17-,19-/m10/s1. The maximum absolute atomic E-state index is 14.8. The Hall–Kier alpha value is -6.96. The molecule has 4 aromatic carbocycles. The number of para-hydroxylation sites is 2. The minimum Gasteiger partial charge on any atom is -0.360 e. The Balaban J connectivity index is 0.000000177. The van der Waals surface area contributed by atoms with E-state index in [9.17, 15) is 28.0 Å². The molecule has 4 atom stereocenters. The van der Waals surface area contributed by atoms with Gasteiger partial charge < -0.3 is 29.5 Å². The first-order chi connectivity index (χ1) is 28.0. The zero-order valence-electron chi connectivity index (χ0n) is 31.7. The predicted molar refractivity (Wildman–Crippen MR) is 211 cm³/mol. The van der Waals surface area contributed by atoms with Crippen LogP contribution in [0.15, 0.2) is 130 Å². The van der Waals surface area contributed by atoms with E-state index in [0.29, 0.717) is 46.9 Å². The van der Waals surface area contributed by atoms with Gasteiger partial charge in [-0.1, -0.05) is 107 Å². The Morgan fingerprint density at radius 2 is 0.966 bits per heavy atom. The Labute approximate surface area is 332 Å². The summed E-state index contributed by atoms with van der Waals surface area (Å²) in [5, 5.41) is 12.8. The first kappa shape index (κ1) is 39.3. The number of nitrogens with zero attached hydrogens (tertiary/aromatic N) is 4. The highest BCUT2D eigenvalue weighted by Gasteiger charge is 2.36. The van der Waals surface area contributed by atoms with Crippen LogP contribution in [0.3, 0.4) is 0 Å². The van der Waals surface area contributed by atoms with Crippen molar-refractivity contribution >= 4 is 35.0 Å². The van der Waals surface area contributed by atoms with Crippen LogP contribution in [0.1, 0.15) is 79.9 Å². The molecule has 2 aromatic heterocycles. The van der Waals surface area contributed by atoms with Gasteiger partial charge in [0.25, 0.3) is 11.8 Å². The molecule has 0 unspecified atom stereocenters. The van der Waals surface area contributed by atoms with Crippen LogP contribution in [0.5, 0.6) is 0 Å². The number of hydrogen-bond acceptors (Lipinski definition) is 8. The number of amides is 4. The van der Waals surface area contributed by atoms with E-state index in [-0.39, 0.29) is 36.0 Å². The topological polar surface area (TPSA) is 151 Å². The molecule has 0 bridgehead atoms. The van der Waals surface area contributed by atoms with E-state index < -0.39 is 36.2 Å². The van der Waals surface area contributed by atoms with Crippen molar-refractivity contribution in [2.75, 3.05) is 23.9 Å². The summed E-state index contributed by atoms with van der Waals surface area (Å²) in [4.78, 5) is 53.5. The molecule has 0 radical (unpaired) electrons. The summed E-state index contributed by atoms with van der Waals surface area (Å²) in [5.41, 5.74) is 4.05. The fourth-order valence-corrected chi connectivity index (χ4v) is 7.00. The van der Waals surface area contributed by atoms with E-state index in [1.54, 1.807) is 62.6 Å². The molecule has 2 N–H and O–H groups in total. The highest BCUT2D eigenvalue weighted by Crippen LogP contribution is 2.36. The summed E-state index contributed by atoms with van der Waals surface area (Å²) < 4.78 is 40.0. The maximum atomic E-state index is 14.8. The highest BCUT2D eigenvalue weighted by atomic mass is 19.1. The molecule has 0 spiro atoms. The molecule has 6 aromatic rings. The van der Waals surface area contributed by atoms with Gasteiger partial charge in [0.05, 0.1) is 0 Å². The van der Waals surface area contributed by atoms with Crippen molar-refractivity contribution in [2.24, 2.45) is 0 Å². The van der Waals surface area contributed by atoms with Gasteiger partial charge in [-0.05, 0) is 23.3 Å². The summed E-state index contributed by atoms with van der Waals surface area (Å²) in [5.74, 6) is -0.836. The van der Waals surface area contributed by atoms with Gasteiger partial charge in [-0.2, -0.15) is 0 Å². The molecule has 4 amide bonds. The van der Waals surface area contributed by atoms with Crippen LogP contribution in [0.25, 0.3) is 0 Å². The fourth-order valence-electron chi connectivity index (χ4n) is 7.00. The first-order valence-electron chi connectivity index (χ1n) is 18.7. The smallest absolute Gasteiger partial charge is 0.274 e. The quantitative estimate of drug-likeness (QED) is 0.170. The van der Waals surface area contributed by atoms with Crippen LogP contribution in [-0.2, 0) is 22.4 Å². The highest BCUT2D eigenvalue weighted by molar-refractivity contribution is 6.03. The summed E-state index contributed by atoms with van der Waals surface area (Å²) in [7, 11) is 3.15. The van der Waals surface area contributed by atoms with Gasteiger partial charge in [-0.3, -0.25) is 19.2 Å².